The van der Waals surface area contributed by atoms with E-state index in [2.05, 4.69) is 49.9 Å². The van der Waals surface area contributed by atoms with Gasteiger partial charge in [-0.15, -0.1) is 0 Å². The number of nitrogens with one attached hydrogen (secondary N) is 3. The summed E-state index contributed by atoms with van der Waals surface area (Å²) in [6.45, 7) is 5.90. The van der Waals surface area contributed by atoms with E-state index in [1.807, 2.05) is 43.3 Å². The van der Waals surface area contributed by atoms with Crippen LogP contribution in [0.5, 0.6) is 0 Å². The van der Waals surface area contributed by atoms with E-state index >= 15 is 0 Å². The van der Waals surface area contributed by atoms with Gasteiger partial charge in [-0.1, -0.05) is 12.8 Å². The number of hydrogen-bond donors (Lipinski definition) is 4. The largest absolute Gasteiger partial charge is 0.354 e. The van der Waals surface area contributed by atoms with E-state index in [1.54, 1.807) is 0 Å². The maximum atomic E-state index is 4.83. The van der Waals surface area contributed by atoms with Crippen molar-refractivity contribution in [2.24, 2.45) is 0 Å². The molecule has 3 N–H and O–H groups in total. The number of aromatic nitrogens is 4. The molecule has 3 heterocycles. The fourth-order valence-electron chi connectivity index (χ4n) is 3.04. The average Bonchev–Trinajstić information content (AvgIpc) is 3.13. The van der Waals surface area contributed by atoms with Gasteiger partial charge in [0.1, 0.15) is 11.6 Å². The van der Waals surface area contributed by atoms with Crippen molar-refractivity contribution < 1.29 is 0 Å². The van der Waals surface area contributed by atoms with Crippen molar-refractivity contribution in [3.05, 3.63) is 42.1 Å². The molecule has 0 bridgehead atoms. The van der Waals surface area contributed by atoms with Crippen LogP contribution in [-0.2, 0) is 0 Å². The van der Waals surface area contributed by atoms with Crippen LogP contribution in [0.15, 0.2) is 46.5 Å². The summed E-state index contributed by atoms with van der Waals surface area (Å²) in [6, 6.07) is 12.0. The number of thiol groups is 1. The first kappa shape index (κ1) is 19.9. The van der Waals surface area contributed by atoms with Crippen LogP contribution in [0, 0.1) is 6.92 Å². The first-order valence-electron chi connectivity index (χ1n) is 9.39. The Balaban J connectivity index is 1.61. The van der Waals surface area contributed by atoms with E-state index < -0.39 is 0 Å². The van der Waals surface area contributed by atoms with Crippen LogP contribution in [0.3, 0.4) is 0 Å². The van der Waals surface area contributed by atoms with Crippen LogP contribution in [-0.4, -0.2) is 58.3 Å². The van der Waals surface area contributed by atoms with E-state index in [0.717, 1.165) is 59.9 Å². The third-order valence-electron chi connectivity index (χ3n) is 4.67. The fraction of sp³-hybridized carbons (Fsp3) is 0.316. The highest BCUT2D eigenvalue weighted by molar-refractivity contribution is 7.99. The summed E-state index contributed by atoms with van der Waals surface area (Å²) in [5.41, 5.74) is 1.94. The van der Waals surface area contributed by atoms with Gasteiger partial charge in [0, 0.05) is 54.6 Å². The maximum Gasteiger partial charge on any atom is 0.196 e. The van der Waals surface area contributed by atoms with E-state index in [0.29, 0.717) is 5.16 Å². The second kappa shape index (κ2) is 8.93. The van der Waals surface area contributed by atoms with Crippen LogP contribution >= 0.6 is 24.6 Å². The maximum absolute atomic E-state index is 4.83. The lowest BCUT2D eigenvalue weighted by atomic mass is 10.3. The molecule has 2 aromatic heterocycles. The van der Waals surface area contributed by atoms with Crippen molar-refractivity contribution in [2.75, 3.05) is 48.2 Å². The third kappa shape index (κ3) is 5.14. The normalized spacial score (nSPS) is 14.8. The van der Waals surface area contributed by atoms with Crippen molar-refractivity contribution in [1.82, 2.24) is 25.1 Å². The molecule has 0 unspecified atom stereocenters. The molecule has 1 saturated heterocycles. The molecule has 29 heavy (non-hydrogen) atoms. The Labute approximate surface area is 180 Å². The van der Waals surface area contributed by atoms with Crippen LogP contribution in [0.4, 0.5) is 23.1 Å². The highest BCUT2D eigenvalue weighted by Crippen LogP contribution is 2.30. The highest BCUT2D eigenvalue weighted by Gasteiger charge is 2.18. The van der Waals surface area contributed by atoms with E-state index in [4.69, 9.17) is 9.97 Å². The monoisotopic (exact) mass is 428 g/mol. The van der Waals surface area contributed by atoms with Crippen molar-refractivity contribution in [2.45, 2.75) is 17.0 Å². The van der Waals surface area contributed by atoms with Crippen LogP contribution in [0.2, 0.25) is 0 Å². The summed E-state index contributed by atoms with van der Waals surface area (Å²) < 4.78 is 2.84. The van der Waals surface area contributed by atoms with Crippen molar-refractivity contribution in [3.8, 4) is 0 Å². The Morgan fingerprint density at radius 2 is 1.79 bits per heavy atom. The van der Waals surface area contributed by atoms with Crippen LogP contribution in [0.25, 0.3) is 0 Å². The summed E-state index contributed by atoms with van der Waals surface area (Å²) in [6.07, 6.45) is 0. The number of rotatable bonds is 6. The SMILES string of the molecule is Cc1cc(Nc2cc(N3CCN(C)CC3)nc(Sc3ccc(NS)cc3)n2)n[nH]1. The number of aryl methyl sites for hydroxylation is 1. The van der Waals surface area contributed by atoms with Crippen LogP contribution < -0.4 is 14.9 Å². The summed E-state index contributed by atoms with van der Waals surface area (Å²) in [7, 11) is 2.15. The summed E-state index contributed by atoms with van der Waals surface area (Å²) in [5, 5.41) is 11.2. The number of anilines is 4. The highest BCUT2D eigenvalue weighted by atomic mass is 32.2. The van der Waals surface area contributed by atoms with E-state index in [-0.39, 0.29) is 0 Å². The van der Waals surface area contributed by atoms with Crippen molar-refractivity contribution >= 4 is 47.7 Å². The molecule has 0 spiro atoms. The lowest BCUT2D eigenvalue weighted by molar-refractivity contribution is 0.312. The number of piperazine rings is 1. The minimum absolute atomic E-state index is 0.697. The Morgan fingerprint density at radius 1 is 1.03 bits per heavy atom. The number of benzene rings is 1. The number of likely N-dealkylation sites (N-methyl/N-ethyl adjacent to an activating group) is 1. The standard InChI is InChI=1S/C19H24N8S2/c1-13-11-17(24-23-13)20-16-12-18(27-9-7-26(2)8-10-27)22-19(21-16)29-15-5-3-14(25-28)4-6-15/h3-6,11-12,25,28H,7-10H2,1-2H3,(H2,20,21,22,23,24). The first-order chi connectivity index (χ1) is 14.1. The number of aromatic amines is 1. The molecular weight excluding hydrogens is 404 g/mol. The molecule has 0 radical (unpaired) electrons. The Morgan fingerprint density at radius 3 is 2.45 bits per heavy atom. The molecule has 4 rings (SSSR count). The second-order valence-electron chi connectivity index (χ2n) is 6.98. The van der Waals surface area contributed by atoms with Gasteiger partial charge in [0.25, 0.3) is 0 Å². The molecule has 10 heteroatoms. The molecule has 152 valence electrons. The van der Waals surface area contributed by atoms with Crippen molar-refractivity contribution in [3.63, 3.8) is 0 Å². The topological polar surface area (TPSA) is 85.0 Å². The van der Waals surface area contributed by atoms with Crippen molar-refractivity contribution in [1.29, 1.82) is 0 Å². The smallest absolute Gasteiger partial charge is 0.196 e. The Kier molecular flexibility index (Phi) is 6.12. The summed E-state index contributed by atoms with van der Waals surface area (Å²) in [4.78, 5) is 15.2. The third-order valence-corrected chi connectivity index (χ3v) is 5.81. The summed E-state index contributed by atoms with van der Waals surface area (Å²) >= 11 is 5.61. The number of hydrogen-bond acceptors (Lipinski definition) is 9. The zero-order valence-electron chi connectivity index (χ0n) is 16.4. The molecular formula is C19H24N8S2. The quantitative estimate of drug-likeness (QED) is 0.351. The van der Waals surface area contributed by atoms with Gasteiger partial charge in [-0.3, -0.25) is 5.10 Å². The lowest BCUT2D eigenvalue weighted by Crippen LogP contribution is -2.44. The molecule has 3 aromatic rings. The zero-order chi connectivity index (χ0) is 20.2. The number of nitrogens with zero attached hydrogens (tertiary/aromatic N) is 5. The molecule has 1 aromatic carbocycles. The van der Waals surface area contributed by atoms with Gasteiger partial charge in [-0.05, 0) is 50.0 Å². The molecule has 1 aliphatic heterocycles. The van der Waals surface area contributed by atoms with Gasteiger partial charge in [0.05, 0.1) is 0 Å². The average molecular weight is 429 g/mol. The Hall–Kier alpha value is -2.43. The second-order valence-corrected chi connectivity index (χ2v) is 8.25. The summed E-state index contributed by atoms with van der Waals surface area (Å²) in [5.74, 6) is 2.40. The van der Waals surface area contributed by atoms with Crippen LogP contribution in [0.1, 0.15) is 5.69 Å². The molecule has 1 fully saturated rings. The lowest BCUT2D eigenvalue weighted by Gasteiger charge is -2.33. The van der Waals surface area contributed by atoms with Gasteiger partial charge >= 0.3 is 0 Å². The minimum atomic E-state index is 0.697. The zero-order valence-corrected chi connectivity index (χ0v) is 18.1. The van der Waals surface area contributed by atoms with Gasteiger partial charge in [-0.25, -0.2) is 9.97 Å². The van der Waals surface area contributed by atoms with Gasteiger partial charge in [-0.2, -0.15) is 5.10 Å². The number of H-pyrrole nitrogens is 1. The van der Waals surface area contributed by atoms with E-state index in [1.165, 1.54) is 11.8 Å². The first-order valence-corrected chi connectivity index (χ1v) is 10.6. The van der Waals surface area contributed by atoms with Gasteiger partial charge in [0.15, 0.2) is 11.0 Å². The Bertz CT molecular complexity index is 951. The van der Waals surface area contributed by atoms with Gasteiger partial charge in [0.2, 0.25) is 0 Å². The van der Waals surface area contributed by atoms with E-state index in [9.17, 15) is 0 Å². The van der Waals surface area contributed by atoms with Gasteiger partial charge < -0.3 is 19.8 Å². The molecule has 0 aliphatic carbocycles. The molecule has 0 amide bonds. The molecule has 8 nitrogen and oxygen atoms in total. The fourth-order valence-corrected chi connectivity index (χ4v) is 3.95. The molecule has 0 atom stereocenters. The molecule has 0 saturated carbocycles. The minimum Gasteiger partial charge on any atom is -0.354 e. The molecule has 1 aliphatic rings. The predicted molar refractivity (Wildman–Crippen MR) is 122 cm³/mol. The predicted octanol–water partition coefficient (Wildman–Crippen LogP) is 3.41.